The Hall–Kier alpha value is -1.75. The Morgan fingerprint density at radius 3 is 2.76 bits per heavy atom. The first kappa shape index (κ1) is 13.0. The highest BCUT2D eigenvalue weighted by molar-refractivity contribution is 7.98. The Labute approximate surface area is 127 Å². The minimum atomic E-state index is 0.142. The van der Waals surface area contributed by atoms with Gasteiger partial charge in [-0.2, -0.15) is 16.9 Å². The third-order valence-electron chi connectivity index (χ3n) is 4.02. The van der Waals surface area contributed by atoms with Gasteiger partial charge >= 0.3 is 0 Å². The van der Waals surface area contributed by atoms with Gasteiger partial charge in [-0.25, -0.2) is 4.68 Å². The molecule has 0 saturated heterocycles. The second-order valence-corrected chi connectivity index (χ2v) is 6.76. The lowest BCUT2D eigenvalue weighted by molar-refractivity contribution is -0.117. The molecule has 1 aliphatic heterocycles. The third kappa shape index (κ3) is 2.35. The maximum atomic E-state index is 12.2. The molecule has 1 amide bonds. The summed E-state index contributed by atoms with van der Waals surface area (Å²) in [7, 11) is 0. The Kier molecular flexibility index (Phi) is 3.03. The van der Waals surface area contributed by atoms with Gasteiger partial charge in [0.2, 0.25) is 5.91 Å². The molecule has 4 nitrogen and oxygen atoms in total. The molecule has 1 N–H and O–H groups in total. The molecule has 2 aromatic rings. The SMILES string of the molecule is Cc1ccc(-n2nc3c(c2NC(=O)C2CC2)CSC3)cc1. The van der Waals surface area contributed by atoms with Crippen LogP contribution >= 0.6 is 11.8 Å². The lowest BCUT2D eigenvalue weighted by atomic mass is 10.2. The molecule has 4 rings (SSSR count). The number of amides is 1. The average molecular weight is 299 g/mol. The number of aromatic nitrogens is 2. The first-order chi connectivity index (χ1) is 10.2. The van der Waals surface area contributed by atoms with E-state index in [-0.39, 0.29) is 11.8 Å². The fourth-order valence-corrected chi connectivity index (χ4v) is 3.61. The van der Waals surface area contributed by atoms with E-state index < -0.39 is 0 Å². The molecule has 1 aromatic heterocycles. The van der Waals surface area contributed by atoms with Gasteiger partial charge in [0.1, 0.15) is 5.82 Å². The molecule has 0 bridgehead atoms. The van der Waals surface area contributed by atoms with E-state index in [0.29, 0.717) is 0 Å². The molecule has 0 spiro atoms. The normalized spacial score (nSPS) is 16.8. The van der Waals surface area contributed by atoms with E-state index in [1.165, 1.54) is 11.1 Å². The number of benzene rings is 1. The van der Waals surface area contributed by atoms with Crippen molar-refractivity contribution in [2.24, 2.45) is 5.92 Å². The van der Waals surface area contributed by atoms with E-state index >= 15 is 0 Å². The summed E-state index contributed by atoms with van der Waals surface area (Å²) in [6, 6.07) is 8.25. The first-order valence-electron chi connectivity index (χ1n) is 7.29. The zero-order chi connectivity index (χ0) is 14.4. The summed E-state index contributed by atoms with van der Waals surface area (Å²) >= 11 is 1.85. The second kappa shape index (κ2) is 4.91. The van der Waals surface area contributed by atoms with Crippen molar-refractivity contribution >= 4 is 23.5 Å². The zero-order valence-corrected chi connectivity index (χ0v) is 12.7. The summed E-state index contributed by atoms with van der Waals surface area (Å²) in [5, 5.41) is 7.82. The number of thioether (sulfide) groups is 1. The predicted molar refractivity (Wildman–Crippen MR) is 84.7 cm³/mol. The maximum Gasteiger partial charge on any atom is 0.228 e. The number of nitrogens with one attached hydrogen (secondary N) is 1. The molecule has 21 heavy (non-hydrogen) atoms. The smallest absolute Gasteiger partial charge is 0.228 e. The topological polar surface area (TPSA) is 46.9 Å². The Morgan fingerprint density at radius 1 is 1.29 bits per heavy atom. The monoisotopic (exact) mass is 299 g/mol. The van der Waals surface area contributed by atoms with Gasteiger partial charge in [0.25, 0.3) is 0 Å². The molecule has 0 unspecified atom stereocenters. The van der Waals surface area contributed by atoms with Crippen molar-refractivity contribution in [3.8, 4) is 5.69 Å². The fraction of sp³-hybridized carbons (Fsp3) is 0.375. The van der Waals surface area contributed by atoms with Crippen LogP contribution in [-0.2, 0) is 16.3 Å². The number of hydrogen-bond acceptors (Lipinski definition) is 3. The lowest BCUT2D eigenvalue weighted by Crippen LogP contribution is -2.17. The van der Waals surface area contributed by atoms with Gasteiger partial charge < -0.3 is 5.32 Å². The quantitative estimate of drug-likeness (QED) is 0.946. The molecule has 0 radical (unpaired) electrons. The summed E-state index contributed by atoms with van der Waals surface area (Å²) < 4.78 is 1.89. The average Bonchev–Trinajstić information content (AvgIpc) is 3.14. The van der Waals surface area contributed by atoms with Crippen molar-refractivity contribution in [2.75, 3.05) is 5.32 Å². The van der Waals surface area contributed by atoms with Crippen LogP contribution in [0.15, 0.2) is 24.3 Å². The van der Waals surface area contributed by atoms with Crippen LogP contribution in [0.4, 0.5) is 5.82 Å². The fourth-order valence-electron chi connectivity index (χ4n) is 2.58. The van der Waals surface area contributed by atoms with Gasteiger partial charge in [-0.15, -0.1) is 0 Å². The molecule has 1 aromatic carbocycles. The molecule has 2 aliphatic rings. The highest BCUT2D eigenvalue weighted by Crippen LogP contribution is 2.37. The standard InChI is InChI=1S/C16H17N3OS/c1-10-2-6-12(7-3-10)19-15(17-16(20)11-4-5-11)13-8-21-9-14(13)18-19/h2-3,6-7,11H,4-5,8-9H2,1H3,(H,17,20). The van der Waals surface area contributed by atoms with E-state index in [1.54, 1.807) is 0 Å². The predicted octanol–water partition coefficient (Wildman–Crippen LogP) is 3.28. The molecule has 1 saturated carbocycles. The largest absolute Gasteiger partial charge is 0.310 e. The number of fused-ring (bicyclic) bond motifs is 1. The van der Waals surface area contributed by atoms with Crippen LogP contribution in [0.1, 0.15) is 29.7 Å². The van der Waals surface area contributed by atoms with Crippen molar-refractivity contribution in [1.82, 2.24) is 9.78 Å². The maximum absolute atomic E-state index is 12.2. The number of aryl methyl sites for hydroxylation is 1. The van der Waals surface area contributed by atoms with Gasteiger partial charge in [0.15, 0.2) is 0 Å². The molecule has 108 valence electrons. The minimum absolute atomic E-state index is 0.142. The Morgan fingerprint density at radius 2 is 2.05 bits per heavy atom. The van der Waals surface area contributed by atoms with Gasteiger partial charge in [-0.1, -0.05) is 17.7 Å². The molecule has 5 heteroatoms. The van der Waals surface area contributed by atoms with Gasteiger partial charge in [0.05, 0.1) is 11.4 Å². The molecular formula is C16H17N3OS. The van der Waals surface area contributed by atoms with Crippen molar-refractivity contribution in [1.29, 1.82) is 0 Å². The van der Waals surface area contributed by atoms with Crippen molar-refractivity contribution in [3.63, 3.8) is 0 Å². The van der Waals surface area contributed by atoms with E-state index in [0.717, 1.165) is 41.5 Å². The zero-order valence-electron chi connectivity index (χ0n) is 11.9. The minimum Gasteiger partial charge on any atom is -0.310 e. The van der Waals surface area contributed by atoms with Crippen LogP contribution in [-0.4, -0.2) is 15.7 Å². The van der Waals surface area contributed by atoms with Gasteiger partial charge in [0, 0.05) is 23.0 Å². The highest BCUT2D eigenvalue weighted by Gasteiger charge is 2.32. The van der Waals surface area contributed by atoms with E-state index in [9.17, 15) is 4.79 Å². The van der Waals surface area contributed by atoms with Crippen molar-refractivity contribution < 1.29 is 4.79 Å². The van der Waals surface area contributed by atoms with Gasteiger partial charge in [-0.3, -0.25) is 4.79 Å². The summed E-state index contributed by atoms with van der Waals surface area (Å²) in [6.45, 7) is 2.07. The van der Waals surface area contributed by atoms with Crippen LogP contribution in [0.2, 0.25) is 0 Å². The molecule has 1 aliphatic carbocycles. The number of nitrogens with zero attached hydrogens (tertiary/aromatic N) is 2. The third-order valence-corrected chi connectivity index (χ3v) is 4.99. The Balaban J connectivity index is 1.75. The lowest BCUT2D eigenvalue weighted by Gasteiger charge is -2.11. The van der Waals surface area contributed by atoms with Crippen LogP contribution in [0.25, 0.3) is 5.69 Å². The van der Waals surface area contributed by atoms with Gasteiger partial charge in [-0.05, 0) is 31.9 Å². The highest BCUT2D eigenvalue weighted by atomic mass is 32.2. The summed E-state index contributed by atoms with van der Waals surface area (Å²) in [5.74, 6) is 3.08. The summed E-state index contributed by atoms with van der Waals surface area (Å²) in [6.07, 6.45) is 2.03. The van der Waals surface area contributed by atoms with Crippen molar-refractivity contribution in [2.45, 2.75) is 31.3 Å². The first-order valence-corrected chi connectivity index (χ1v) is 8.44. The number of carbonyl (C=O) groups excluding carboxylic acids is 1. The molecular weight excluding hydrogens is 282 g/mol. The van der Waals surface area contributed by atoms with Crippen LogP contribution in [0, 0.1) is 12.8 Å². The summed E-state index contributed by atoms with van der Waals surface area (Å²) in [4.78, 5) is 12.2. The number of anilines is 1. The number of rotatable bonds is 3. The van der Waals surface area contributed by atoms with Crippen LogP contribution in [0.3, 0.4) is 0 Å². The van der Waals surface area contributed by atoms with E-state index in [1.807, 2.05) is 16.4 Å². The number of hydrogen-bond donors (Lipinski definition) is 1. The molecule has 0 atom stereocenters. The van der Waals surface area contributed by atoms with Crippen LogP contribution in [0.5, 0.6) is 0 Å². The molecule has 2 heterocycles. The summed E-state index contributed by atoms with van der Waals surface area (Å²) in [5.41, 5.74) is 4.52. The second-order valence-electron chi connectivity index (χ2n) is 5.78. The van der Waals surface area contributed by atoms with E-state index in [2.05, 4.69) is 36.5 Å². The van der Waals surface area contributed by atoms with Crippen molar-refractivity contribution in [3.05, 3.63) is 41.1 Å². The van der Waals surface area contributed by atoms with E-state index in [4.69, 9.17) is 5.10 Å². The number of carbonyl (C=O) groups is 1. The Bertz CT molecular complexity index is 701. The van der Waals surface area contributed by atoms with Crippen LogP contribution < -0.4 is 5.32 Å². The molecule has 1 fully saturated rings.